The maximum Gasteiger partial charge on any atom is -0.0166 e. The summed E-state index contributed by atoms with van der Waals surface area (Å²) >= 11 is 0. The Hall–Kier alpha value is -1.30. The number of hydrogen-bond acceptors (Lipinski definition) is 0. The van der Waals surface area contributed by atoms with Crippen LogP contribution in [0.3, 0.4) is 0 Å². The number of hydrogen-bond donors (Lipinski definition) is 0. The van der Waals surface area contributed by atoms with Crippen molar-refractivity contribution in [2.45, 2.75) is 12.8 Å². The van der Waals surface area contributed by atoms with Crippen molar-refractivity contribution in [2.24, 2.45) is 0 Å². The highest BCUT2D eigenvalue weighted by molar-refractivity contribution is 5.16. The zero-order chi connectivity index (χ0) is 8.49. The summed E-state index contributed by atoms with van der Waals surface area (Å²) in [6, 6.07) is 0. The van der Waals surface area contributed by atoms with Gasteiger partial charge in [-0.1, -0.05) is 60.8 Å². The fourth-order valence-electron chi connectivity index (χ4n) is 0.920. The molecule has 1 aliphatic rings. The topological polar surface area (TPSA) is 0 Å². The molecular weight excluding hydrogens is 144 g/mol. The molecule has 0 bridgehead atoms. The van der Waals surface area contributed by atoms with Gasteiger partial charge in [-0.05, 0) is 12.8 Å². The van der Waals surface area contributed by atoms with Gasteiger partial charge in [0.25, 0.3) is 0 Å². The van der Waals surface area contributed by atoms with Gasteiger partial charge < -0.3 is 0 Å². The lowest BCUT2D eigenvalue weighted by molar-refractivity contribution is 1.31. The highest BCUT2D eigenvalue weighted by Crippen LogP contribution is 1.93. The van der Waals surface area contributed by atoms with E-state index >= 15 is 0 Å². The third-order valence-electron chi connectivity index (χ3n) is 1.54. The molecule has 0 aliphatic heterocycles. The summed E-state index contributed by atoms with van der Waals surface area (Å²) in [7, 11) is 0. The van der Waals surface area contributed by atoms with Crippen molar-refractivity contribution >= 4 is 0 Å². The van der Waals surface area contributed by atoms with Gasteiger partial charge in [0.15, 0.2) is 0 Å². The summed E-state index contributed by atoms with van der Waals surface area (Å²) in [4.78, 5) is 0. The SMILES string of the molecule is C1=C/C=C\C/C=C/C/C=C\C=C1. The zero-order valence-corrected chi connectivity index (χ0v) is 7.19. The largest absolute Gasteiger partial charge is 0.0844 e. The van der Waals surface area contributed by atoms with Gasteiger partial charge in [-0.15, -0.1) is 0 Å². The van der Waals surface area contributed by atoms with Crippen LogP contribution in [-0.2, 0) is 0 Å². The minimum Gasteiger partial charge on any atom is -0.0844 e. The molecule has 0 heteroatoms. The molecule has 1 aliphatic carbocycles. The minimum absolute atomic E-state index is 1.03. The molecule has 0 radical (unpaired) electrons. The van der Waals surface area contributed by atoms with Crippen molar-refractivity contribution in [3.05, 3.63) is 60.8 Å². The van der Waals surface area contributed by atoms with Crippen LogP contribution in [-0.4, -0.2) is 0 Å². The van der Waals surface area contributed by atoms with Crippen LogP contribution in [0.5, 0.6) is 0 Å². The molecule has 0 atom stereocenters. The molecule has 0 aromatic rings. The Morgan fingerprint density at radius 1 is 0.417 bits per heavy atom. The third kappa shape index (κ3) is 4.51. The Balaban J connectivity index is 2.55. The van der Waals surface area contributed by atoms with E-state index in [0.717, 1.165) is 12.8 Å². The summed E-state index contributed by atoms with van der Waals surface area (Å²) in [5.41, 5.74) is 0. The van der Waals surface area contributed by atoms with Gasteiger partial charge in [0.1, 0.15) is 0 Å². The molecule has 12 heavy (non-hydrogen) atoms. The maximum absolute atomic E-state index is 2.18. The number of rotatable bonds is 0. The molecule has 0 unspecified atom stereocenters. The van der Waals surface area contributed by atoms with E-state index in [0.29, 0.717) is 0 Å². The minimum atomic E-state index is 1.03. The highest BCUT2D eigenvalue weighted by atomic mass is 13.8. The van der Waals surface area contributed by atoms with E-state index in [2.05, 4.69) is 36.5 Å². The van der Waals surface area contributed by atoms with E-state index in [9.17, 15) is 0 Å². The second-order valence-electron chi connectivity index (χ2n) is 2.57. The summed E-state index contributed by atoms with van der Waals surface area (Å²) in [5, 5.41) is 0. The lowest BCUT2D eigenvalue weighted by Crippen LogP contribution is -1.62. The molecule has 0 fully saturated rings. The molecule has 0 aromatic carbocycles. The van der Waals surface area contributed by atoms with Gasteiger partial charge in [0, 0.05) is 0 Å². The fourth-order valence-corrected chi connectivity index (χ4v) is 0.920. The molecule has 0 spiro atoms. The predicted octanol–water partition coefficient (Wildman–Crippen LogP) is 3.56. The van der Waals surface area contributed by atoms with Gasteiger partial charge in [-0.25, -0.2) is 0 Å². The van der Waals surface area contributed by atoms with Crippen molar-refractivity contribution in [1.29, 1.82) is 0 Å². The molecule has 1 rings (SSSR count). The summed E-state index contributed by atoms with van der Waals surface area (Å²) in [6.07, 6.45) is 23.0. The molecule has 0 amide bonds. The Morgan fingerprint density at radius 3 is 1.33 bits per heavy atom. The predicted molar refractivity (Wildman–Crippen MR) is 54.9 cm³/mol. The highest BCUT2D eigenvalue weighted by Gasteiger charge is 1.72. The molecule has 0 aromatic heterocycles. The van der Waals surface area contributed by atoms with E-state index in [1.54, 1.807) is 0 Å². The van der Waals surface area contributed by atoms with Crippen molar-refractivity contribution < 1.29 is 0 Å². The quantitative estimate of drug-likeness (QED) is 0.473. The second kappa shape index (κ2) is 6.41. The molecular formula is C12H14. The van der Waals surface area contributed by atoms with Crippen LogP contribution in [0.25, 0.3) is 0 Å². The van der Waals surface area contributed by atoms with Crippen molar-refractivity contribution in [2.75, 3.05) is 0 Å². The smallest absolute Gasteiger partial charge is 0.0166 e. The molecule has 0 saturated heterocycles. The van der Waals surface area contributed by atoms with Gasteiger partial charge in [0.05, 0.1) is 0 Å². The monoisotopic (exact) mass is 158 g/mol. The Bertz CT molecular complexity index is 211. The van der Waals surface area contributed by atoms with Gasteiger partial charge in [-0.3, -0.25) is 0 Å². The van der Waals surface area contributed by atoms with Gasteiger partial charge >= 0.3 is 0 Å². The lowest BCUT2D eigenvalue weighted by atomic mass is 10.2. The van der Waals surface area contributed by atoms with Crippen LogP contribution >= 0.6 is 0 Å². The van der Waals surface area contributed by atoms with Gasteiger partial charge in [-0.2, -0.15) is 0 Å². The summed E-state index contributed by atoms with van der Waals surface area (Å²) in [5.74, 6) is 0. The van der Waals surface area contributed by atoms with Crippen LogP contribution in [0, 0.1) is 0 Å². The Morgan fingerprint density at radius 2 is 0.833 bits per heavy atom. The second-order valence-corrected chi connectivity index (χ2v) is 2.57. The molecule has 0 heterocycles. The summed E-state index contributed by atoms with van der Waals surface area (Å²) < 4.78 is 0. The van der Waals surface area contributed by atoms with Crippen molar-refractivity contribution in [3.63, 3.8) is 0 Å². The zero-order valence-electron chi connectivity index (χ0n) is 7.19. The molecule has 62 valence electrons. The Labute approximate surface area is 74.3 Å². The number of allylic oxidation sites excluding steroid dienone is 10. The van der Waals surface area contributed by atoms with E-state index < -0.39 is 0 Å². The van der Waals surface area contributed by atoms with Crippen molar-refractivity contribution in [3.8, 4) is 0 Å². The van der Waals surface area contributed by atoms with E-state index in [-0.39, 0.29) is 0 Å². The third-order valence-corrected chi connectivity index (χ3v) is 1.54. The van der Waals surface area contributed by atoms with Crippen LogP contribution in [0.4, 0.5) is 0 Å². The molecule has 0 nitrogen and oxygen atoms in total. The molecule has 0 N–H and O–H groups in total. The maximum atomic E-state index is 2.18. The summed E-state index contributed by atoms with van der Waals surface area (Å²) in [6.45, 7) is 0. The first-order valence-corrected chi connectivity index (χ1v) is 4.30. The normalized spacial score (nSPS) is 25.3. The van der Waals surface area contributed by atoms with Crippen molar-refractivity contribution in [1.82, 2.24) is 0 Å². The first-order chi connectivity index (χ1) is 6.00. The van der Waals surface area contributed by atoms with E-state index in [4.69, 9.17) is 0 Å². The molecule has 0 saturated carbocycles. The fraction of sp³-hybridized carbons (Fsp3) is 0.167. The van der Waals surface area contributed by atoms with E-state index in [1.807, 2.05) is 24.3 Å². The first kappa shape index (κ1) is 8.79. The van der Waals surface area contributed by atoms with Gasteiger partial charge in [0.2, 0.25) is 0 Å². The van der Waals surface area contributed by atoms with Crippen LogP contribution in [0.15, 0.2) is 60.8 Å². The average Bonchev–Trinajstić information content (AvgIpc) is 2.05. The van der Waals surface area contributed by atoms with Crippen LogP contribution < -0.4 is 0 Å². The average molecular weight is 158 g/mol. The van der Waals surface area contributed by atoms with Crippen LogP contribution in [0.2, 0.25) is 0 Å². The standard InChI is InChI=1S/C12H14/c1-2-4-6-8-10-12-11-9-7-5-3-1/h1-8,11-12H,9-10H2/b3-1?,4-2?,7-5-,8-6-,12-11+. The van der Waals surface area contributed by atoms with E-state index in [1.165, 1.54) is 0 Å². The Kier molecular flexibility index (Phi) is 4.70. The first-order valence-electron chi connectivity index (χ1n) is 4.30. The lowest BCUT2D eigenvalue weighted by Gasteiger charge is -1.83. The van der Waals surface area contributed by atoms with Crippen LogP contribution in [0.1, 0.15) is 12.8 Å².